The van der Waals surface area contributed by atoms with Crippen molar-refractivity contribution < 1.29 is 4.79 Å². The predicted molar refractivity (Wildman–Crippen MR) is 108 cm³/mol. The van der Waals surface area contributed by atoms with E-state index in [-0.39, 0.29) is 12.5 Å². The van der Waals surface area contributed by atoms with Gasteiger partial charge in [0.1, 0.15) is 0 Å². The maximum atomic E-state index is 12.2. The molecule has 1 fully saturated rings. The Morgan fingerprint density at radius 1 is 1.00 bits per heavy atom. The molecule has 4 heteroatoms. The smallest absolute Gasteiger partial charge is 0.243 e. The number of para-hydroxylation sites is 2. The number of benzene rings is 2. The fraction of sp³-hybridized carbons (Fsp3) is 0.409. The van der Waals surface area contributed by atoms with Gasteiger partial charge in [0.2, 0.25) is 5.91 Å². The van der Waals surface area contributed by atoms with Crippen LogP contribution in [-0.4, -0.2) is 30.4 Å². The van der Waals surface area contributed by atoms with Gasteiger partial charge in [0.25, 0.3) is 0 Å². The van der Waals surface area contributed by atoms with Crippen LogP contribution in [0, 0.1) is 0 Å². The van der Waals surface area contributed by atoms with Crippen molar-refractivity contribution in [2.45, 2.75) is 44.7 Å². The molecule has 138 valence electrons. The Balaban J connectivity index is 1.55. The minimum atomic E-state index is -0.0355. The van der Waals surface area contributed by atoms with Crippen LogP contribution in [0.3, 0.4) is 0 Å². The molecule has 0 saturated heterocycles. The van der Waals surface area contributed by atoms with Crippen molar-refractivity contribution in [3.05, 3.63) is 60.2 Å². The lowest BCUT2D eigenvalue weighted by Gasteiger charge is -2.31. The summed E-state index contributed by atoms with van der Waals surface area (Å²) in [5, 5.41) is 6.22. The third-order valence-electron chi connectivity index (χ3n) is 5.13. The molecule has 26 heavy (non-hydrogen) atoms. The topological polar surface area (TPSA) is 44.4 Å². The molecule has 1 amide bonds. The average molecular weight is 351 g/mol. The van der Waals surface area contributed by atoms with E-state index in [9.17, 15) is 4.79 Å². The zero-order valence-corrected chi connectivity index (χ0v) is 15.6. The molecule has 4 nitrogen and oxygen atoms in total. The first-order valence-electron chi connectivity index (χ1n) is 9.59. The first kappa shape index (κ1) is 18.5. The van der Waals surface area contributed by atoms with Gasteiger partial charge in [-0.15, -0.1) is 0 Å². The van der Waals surface area contributed by atoms with Gasteiger partial charge in [0.05, 0.1) is 6.54 Å². The Morgan fingerprint density at radius 2 is 1.69 bits per heavy atom. The van der Waals surface area contributed by atoms with Crippen molar-refractivity contribution in [2.75, 3.05) is 24.2 Å². The second-order valence-electron chi connectivity index (χ2n) is 7.13. The van der Waals surface area contributed by atoms with Crippen LogP contribution in [0.25, 0.3) is 0 Å². The van der Waals surface area contributed by atoms with Crippen molar-refractivity contribution in [1.82, 2.24) is 4.90 Å². The summed E-state index contributed by atoms with van der Waals surface area (Å²) >= 11 is 0. The molecule has 0 radical (unpaired) electrons. The normalized spacial score (nSPS) is 15.0. The lowest BCUT2D eigenvalue weighted by atomic mass is 9.94. The van der Waals surface area contributed by atoms with E-state index >= 15 is 0 Å². The van der Waals surface area contributed by atoms with E-state index in [4.69, 9.17) is 0 Å². The zero-order valence-electron chi connectivity index (χ0n) is 15.6. The molecular formula is C22H29N3O. The summed E-state index contributed by atoms with van der Waals surface area (Å²) in [5.41, 5.74) is 3.11. The maximum absolute atomic E-state index is 12.2. The summed E-state index contributed by atoms with van der Waals surface area (Å²) in [4.78, 5) is 14.6. The molecule has 0 bridgehead atoms. The number of nitrogens with zero attached hydrogens (tertiary/aromatic N) is 1. The summed E-state index contributed by atoms with van der Waals surface area (Å²) in [6.45, 7) is 1.17. The molecular weight excluding hydrogens is 322 g/mol. The first-order chi connectivity index (χ1) is 12.7. The molecule has 1 aliphatic carbocycles. The maximum Gasteiger partial charge on any atom is 0.243 e. The van der Waals surface area contributed by atoms with E-state index < -0.39 is 0 Å². The number of hydrogen-bond donors (Lipinski definition) is 2. The van der Waals surface area contributed by atoms with Crippen LogP contribution in [-0.2, 0) is 11.3 Å². The van der Waals surface area contributed by atoms with E-state index in [2.05, 4.69) is 40.8 Å². The minimum absolute atomic E-state index is 0.0355. The van der Waals surface area contributed by atoms with Crippen LogP contribution >= 0.6 is 0 Å². The average Bonchev–Trinajstić information content (AvgIpc) is 2.69. The highest BCUT2D eigenvalue weighted by atomic mass is 16.1. The molecule has 0 aromatic heterocycles. The number of amides is 1. The summed E-state index contributed by atoms with van der Waals surface area (Å²) in [7, 11) is 2.22. The van der Waals surface area contributed by atoms with Crippen LogP contribution in [0.2, 0.25) is 0 Å². The van der Waals surface area contributed by atoms with Gasteiger partial charge in [0, 0.05) is 24.0 Å². The molecule has 2 aromatic rings. The minimum Gasteiger partial charge on any atom is -0.376 e. The largest absolute Gasteiger partial charge is 0.376 e. The van der Waals surface area contributed by atoms with Gasteiger partial charge in [-0.3, -0.25) is 9.69 Å². The molecule has 0 heterocycles. The van der Waals surface area contributed by atoms with E-state index in [0.29, 0.717) is 6.04 Å². The van der Waals surface area contributed by atoms with Crippen molar-refractivity contribution >= 4 is 17.3 Å². The third kappa shape index (κ3) is 5.33. The number of anilines is 2. The second-order valence-corrected chi connectivity index (χ2v) is 7.13. The van der Waals surface area contributed by atoms with E-state index in [1.807, 2.05) is 36.4 Å². The Morgan fingerprint density at radius 3 is 2.46 bits per heavy atom. The standard InChI is InChI=1S/C22H29N3O/c1-25(20-13-6-3-7-14-20)17-18-10-8-9-15-21(18)23-16-22(26)24-19-11-4-2-5-12-19/h2,4-5,8-12,15,20,23H,3,6-7,13-14,16-17H2,1H3,(H,24,26). The number of nitrogens with one attached hydrogen (secondary N) is 2. The quantitative estimate of drug-likeness (QED) is 0.772. The second kappa shape index (κ2) is 9.39. The molecule has 2 N–H and O–H groups in total. The van der Waals surface area contributed by atoms with Crippen molar-refractivity contribution in [1.29, 1.82) is 0 Å². The highest BCUT2D eigenvalue weighted by Gasteiger charge is 2.18. The summed E-state index contributed by atoms with van der Waals surface area (Å²) < 4.78 is 0. The molecule has 0 atom stereocenters. The van der Waals surface area contributed by atoms with E-state index in [0.717, 1.165) is 17.9 Å². The first-order valence-corrected chi connectivity index (χ1v) is 9.59. The Hall–Kier alpha value is -2.33. The molecule has 0 spiro atoms. The SMILES string of the molecule is CN(Cc1ccccc1NCC(=O)Nc1ccccc1)C1CCCCC1. The van der Waals surface area contributed by atoms with Gasteiger partial charge in [-0.05, 0) is 43.7 Å². The van der Waals surface area contributed by atoms with Gasteiger partial charge < -0.3 is 10.6 Å². The lowest BCUT2D eigenvalue weighted by molar-refractivity contribution is -0.114. The highest BCUT2D eigenvalue weighted by Crippen LogP contribution is 2.24. The fourth-order valence-electron chi connectivity index (χ4n) is 3.65. The lowest BCUT2D eigenvalue weighted by Crippen LogP contribution is -2.33. The fourth-order valence-corrected chi connectivity index (χ4v) is 3.65. The van der Waals surface area contributed by atoms with Crippen molar-refractivity contribution in [3.8, 4) is 0 Å². The summed E-state index contributed by atoms with van der Waals surface area (Å²) in [6, 6.07) is 18.5. The van der Waals surface area contributed by atoms with Crippen molar-refractivity contribution in [2.24, 2.45) is 0 Å². The molecule has 0 aliphatic heterocycles. The van der Waals surface area contributed by atoms with Gasteiger partial charge in [0.15, 0.2) is 0 Å². The predicted octanol–water partition coefficient (Wildman–Crippen LogP) is 4.50. The van der Waals surface area contributed by atoms with Crippen LogP contribution in [0.15, 0.2) is 54.6 Å². The molecule has 1 aliphatic rings. The third-order valence-corrected chi connectivity index (χ3v) is 5.13. The van der Waals surface area contributed by atoms with E-state index in [1.54, 1.807) is 0 Å². The van der Waals surface area contributed by atoms with Gasteiger partial charge in [-0.2, -0.15) is 0 Å². The Labute approximate surface area is 156 Å². The molecule has 0 unspecified atom stereocenters. The monoisotopic (exact) mass is 351 g/mol. The highest BCUT2D eigenvalue weighted by molar-refractivity contribution is 5.93. The van der Waals surface area contributed by atoms with Crippen LogP contribution in [0.5, 0.6) is 0 Å². The summed E-state index contributed by atoms with van der Waals surface area (Å²) in [5.74, 6) is -0.0355. The summed E-state index contributed by atoms with van der Waals surface area (Å²) in [6.07, 6.45) is 6.65. The van der Waals surface area contributed by atoms with Gasteiger partial charge >= 0.3 is 0 Å². The Kier molecular flexibility index (Phi) is 6.67. The van der Waals surface area contributed by atoms with E-state index in [1.165, 1.54) is 37.7 Å². The number of carbonyl (C=O) groups excluding carboxylic acids is 1. The zero-order chi connectivity index (χ0) is 18.2. The molecule has 1 saturated carbocycles. The number of hydrogen-bond acceptors (Lipinski definition) is 3. The van der Waals surface area contributed by atoms with Gasteiger partial charge in [-0.25, -0.2) is 0 Å². The molecule has 2 aromatic carbocycles. The van der Waals surface area contributed by atoms with Crippen LogP contribution in [0.1, 0.15) is 37.7 Å². The number of carbonyl (C=O) groups is 1. The van der Waals surface area contributed by atoms with Crippen LogP contribution < -0.4 is 10.6 Å². The molecule has 3 rings (SSSR count). The van der Waals surface area contributed by atoms with Crippen molar-refractivity contribution in [3.63, 3.8) is 0 Å². The van der Waals surface area contributed by atoms with Gasteiger partial charge in [-0.1, -0.05) is 55.7 Å². The number of rotatable bonds is 7. The Bertz CT molecular complexity index is 696. The van der Waals surface area contributed by atoms with Crippen LogP contribution in [0.4, 0.5) is 11.4 Å².